The molecule has 0 saturated carbocycles. The number of nitrogens with one attached hydrogen (secondary N) is 1. The van der Waals surface area contributed by atoms with Crippen molar-refractivity contribution in [2.75, 3.05) is 20.3 Å². The quantitative estimate of drug-likeness (QED) is 0.757. The summed E-state index contributed by atoms with van der Waals surface area (Å²) in [5.41, 5.74) is 1.68. The molecule has 0 aliphatic heterocycles. The molecule has 0 bridgehead atoms. The van der Waals surface area contributed by atoms with E-state index in [4.69, 9.17) is 9.47 Å². The molecule has 1 amide bonds. The Labute approximate surface area is 141 Å². The molecular weight excluding hydrogens is 306 g/mol. The summed E-state index contributed by atoms with van der Waals surface area (Å²) >= 11 is 0. The lowest BCUT2D eigenvalue weighted by molar-refractivity contribution is -0.121. The molecule has 0 spiro atoms. The molecule has 0 heterocycles. The highest BCUT2D eigenvalue weighted by atomic mass is 16.5. The first-order valence-electron chi connectivity index (χ1n) is 7.72. The van der Waals surface area contributed by atoms with Gasteiger partial charge >= 0.3 is 0 Å². The second-order valence-corrected chi connectivity index (χ2v) is 5.34. The van der Waals surface area contributed by atoms with Crippen molar-refractivity contribution in [2.24, 2.45) is 0 Å². The van der Waals surface area contributed by atoms with Gasteiger partial charge in [0.1, 0.15) is 11.5 Å². The number of amides is 1. The summed E-state index contributed by atoms with van der Waals surface area (Å²) in [6.45, 7) is 2.23. The number of ketones is 1. The number of hydrogen-bond donors (Lipinski definition) is 1. The maximum atomic E-state index is 12.0. The average Bonchev–Trinajstić information content (AvgIpc) is 2.61. The smallest absolute Gasteiger partial charge is 0.223 e. The first-order chi connectivity index (χ1) is 11.6. The fourth-order valence-corrected chi connectivity index (χ4v) is 2.04. The van der Waals surface area contributed by atoms with E-state index < -0.39 is 0 Å². The number of Topliss-reactive ketones (excluding diaryl/α,β-unsaturated/α-hetero) is 1. The maximum Gasteiger partial charge on any atom is 0.223 e. The van der Waals surface area contributed by atoms with Gasteiger partial charge in [-0.25, -0.2) is 0 Å². The van der Waals surface area contributed by atoms with Gasteiger partial charge in [0.05, 0.1) is 26.7 Å². The number of ether oxygens (including phenoxy) is 2. The van der Waals surface area contributed by atoms with Crippen LogP contribution in [0.1, 0.15) is 22.3 Å². The predicted molar refractivity (Wildman–Crippen MR) is 91.6 cm³/mol. The van der Waals surface area contributed by atoms with Crippen molar-refractivity contribution in [1.82, 2.24) is 5.32 Å². The van der Waals surface area contributed by atoms with Gasteiger partial charge in [-0.05, 0) is 43.3 Å². The Hall–Kier alpha value is -2.82. The van der Waals surface area contributed by atoms with E-state index in [9.17, 15) is 9.59 Å². The summed E-state index contributed by atoms with van der Waals surface area (Å²) in [5.74, 6) is 1.04. The molecule has 2 rings (SSSR count). The van der Waals surface area contributed by atoms with Crippen LogP contribution >= 0.6 is 0 Å². The highest BCUT2D eigenvalue weighted by Crippen LogP contribution is 2.12. The average molecular weight is 327 g/mol. The lowest BCUT2D eigenvalue weighted by atomic mass is 10.1. The zero-order valence-corrected chi connectivity index (χ0v) is 13.9. The zero-order chi connectivity index (χ0) is 17.4. The molecule has 5 nitrogen and oxygen atoms in total. The van der Waals surface area contributed by atoms with Crippen LogP contribution in [-0.4, -0.2) is 32.0 Å². The standard InChI is InChI=1S/C19H21NO4/c1-14-3-7-17(8-4-14)24-12-11-19(22)20-13-18(21)15-5-9-16(23-2)10-6-15/h3-10H,11-13H2,1-2H3,(H,20,22). The van der Waals surface area contributed by atoms with E-state index in [2.05, 4.69) is 5.32 Å². The van der Waals surface area contributed by atoms with E-state index in [1.165, 1.54) is 0 Å². The second-order valence-electron chi connectivity index (χ2n) is 5.34. The number of benzene rings is 2. The van der Waals surface area contributed by atoms with Crippen LogP contribution in [0.4, 0.5) is 0 Å². The molecule has 126 valence electrons. The number of methoxy groups -OCH3 is 1. The van der Waals surface area contributed by atoms with E-state index >= 15 is 0 Å². The number of hydrogen-bond acceptors (Lipinski definition) is 4. The summed E-state index contributed by atoms with van der Waals surface area (Å²) in [7, 11) is 1.57. The van der Waals surface area contributed by atoms with E-state index in [1.54, 1.807) is 31.4 Å². The van der Waals surface area contributed by atoms with Crippen molar-refractivity contribution in [1.29, 1.82) is 0 Å². The Morgan fingerprint density at radius 2 is 1.58 bits per heavy atom. The van der Waals surface area contributed by atoms with Crippen LogP contribution in [0.5, 0.6) is 11.5 Å². The van der Waals surface area contributed by atoms with Gasteiger partial charge in [-0.2, -0.15) is 0 Å². The lowest BCUT2D eigenvalue weighted by Gasteiger charge is -2.07. The van der Waals surface area contributed by atoms with Gasteiger partial charge in [-0.15, -0.1) is 0 Å². The van der Waals surface area contributed by atoms with Crippen LogP contribution in [-0.2, 0) is 4.79 Å². The Morgan fingerprint density at radius 3 is 2.21 bits per heavy atom. The van der Waals surface area contributed by atoms with Crippen LogP contribution < -0.4 is 14.8 Å². The van der Waals surface area contributed by atoms with E-state index in [-0.39, 0.29) is 31.3 Å². The van der Waals surface area contributed by atoms with Crippen LogP contribution in [0.2, 0.25) is 0 Å². The van der Waals surface area contributed by atoms with Crippen LogP contribution in [0.3, 0.4) is 0 Å². The zero-order valence-electron chi connectivity index (χ0n) is 13.9. The fourth-order valence-electron chi connectivity index (χ4n) is 2.04. The topological polar surface area (TPSA) is 64.6 Å². The van der Waals surface area contributed by atoms with Gasteiger partial charge in [-0.3, -0.25) is 9.59 Å². The Kier molecular flexibility index (Phi) is 6.37. The summed E-state index contributed by atoms with van der Waals surface area (Å²) in [6, 6.07) is 14.4. The molecule has 24 heavy (non-hydrogen) atoms. The third-order valence-corrected chi connectivity index (χ3v) is 3.48. The number of rotatable bonds is 8. The van der Waals surface area contributed by atoms with E-state index in [1.807, 2.05) is 31.2 Å². The molecule has 0 aliphatic carbocycles. The van der Waals surface area contributed by atoms with Crippen molar-refractivity contribution < 1.29 is 19.1 Å². The van der Waals surface area contributed by atoms with Gasteiger partial charge in [0.15, 0.2) is 5.78 Å². The molecule has 0 atom stereocenters. The van der Waals surface area contributed by atoms with E-state index in [0.29, 0.717) is 11.3 Å². The minimum absolute atomic E-state index is 0.0320. The minimum Gasteiger partial charge on any atom is -0.497 e. The van der Waals surface area contributed by atoms with Crippen molar-refractivity contribution >= 4 is 11.7 Å². The maximum absolute atomic E-state index is 12.0. The van der Waals surface area contributed by atoms with Crippen LogP contribution in [0.25, 0.3) is 0 Å². The highest BCUT2D eigenvalue weighted by Gasteiger charge is 2.08. The first kappa shape index (κ1) is 17.5. The molecule has 0 unspecified atom stereocenters. The normalized spacial score (nSPS) is 10.1. The summed E-state index contributed by atoms with van der Waals surface area (Å²) in [4.78, 5) is 23.7. The lowest BCUT2D eigenvalue weighted by Crippen LogP contribution is -2.30. The summed E-state index contributed by atoms with van der Waals surface area (Å²) in [6.07, 6.45) is 0.198. The molecule has 0 radical (unpaired) electrons. The van der Waals surface area contributed by atoms with Crippen LogP contribution in [0.15, 0.2) is 48.5 Å². The number of carbonyl (C=O) groups excluding carboxylic acids is 2. The van der Waals surface area contributed by atoms with Gasteiger partial charge in [0.2, 0.25) is 5.91 Å². The van der Waals surface area contributed by atoms with Crippen molar-refractivity contribution in [3.63, 3.8) is 0 Å². The molecule has 5 heteroatoms. The molecule has 0 aromatic heterocycles. The minimum atomic E-state index is -0.219. The molecule has 2 aromatic rings. The van der Waals surface area contributed by atoms with Crippen molar-refractivity contribution in [2.45, 2.75) is 13.3 Å². The Balaban J connectivity index is 1.70. The molecular formula is C19H21NO4. The van der Waals surface area contributed by atoms with Gasteiger partial charge in [0.25, 0.3) is 0 Å². The van der Waals surface area contributed by atoms with Gasteiger partial charge in [-0.1, -0.05) is 17.7 Å². The molecule has 2 aromatic carbocycles. The molecule has 0 aliphatic rings. The molecule has 1 N–H and O–H groups in total. The van der Waals surface area contributed by atoms with Crippen molar-refractivity contribution in [3.8, 4) is 11.5 Å². The Bertz CT molecular complexity index is 678. The molecule has 0 fully saturated rings. The van der Waals surface area contributed by atoms with Crippen molar-refractivity contribution in [3.05, 3.63) is 59.7 Å². The monoisotopic (exact) mass is 327 g/mol. The van der Waals surface area contributed by atoms with Crippen LogP contribution in [0, 0.1) is 6.92 Å². The predicted octanol–water partition coefficient (Wildman–Crippen LogP) is 2.77. The third kappa shape index (κ3) is 5.43. The summed E-state index contributed by atoms with van der Waals surface area (Å²) in [5, 5.41) is 2.61. The Morgan fingerprint density at radius 1 is 0.958 bits per heavy atom. The molecule has 0 saturated heterocycles. The first-order valence-corrected chi connectivity index (χ1v) is 7.72. The number of carbonyl (C=O) groups is 2. The third-order valence-electron chi connectivity index (χ3n) is 3.48. The fraction of sp³-hybridized carbons (Fsp3) is 0.263. The summed E-state index contributed by atoms with van der Waals surface area (Å²) < 4.78 is 10.5. The SMILES string of the molecule is COc1ccc(C(=O)CNC(=O)CCOc2ccc(C)cc2)cc1. The largest absolute Gasteiger partial charge is 0.497 e. The van der Waals surface area contributed by atoms with Gasteiger partial charge in [0, 0.05) is 5.56 Å². The number of aryl methyl sites for hydroxylation is 1. The second kappa shape index (κ2) is 8.72. The van der Waals surface area contributed by atoms with E-state index in [0.717, 1.165) is 11.3 Å². The highest BCUT2D eigenvalue weighted by molar-refractivity contribution is 5.99. The van der Waals surface area contributed by atoms with Gasteiger partial charge < -0.3 is 14.8 Å².